The van der Waals surface area contributed by atoms with Crippen molar-refractivity contribution in [1.82, 2.24) is 14.4 Å². The maximum Gasteiger partial charge on any atom is 0.410 e. The zero-order valence-electron chi connectivity index (χ0n) is 14.0. The normalized spacial score (nSPS) is 22.8. The summed E-state index contributed by atoms with van der Waals surface area (Å²) < 4.78 is 7.27. The van der Waals surface area contributed by atoms with Gasteiger partial charge in [0.2, 0.25) is 5.91 Å². The topological polar surface area (TPSA) is 71.8 Å². The summed E-state index contributed by atoms with van der Waals surface area (Å²) in [5.41, 5.74) is 0.109. The molecule has 2 aliphatic heterocycles. The van der Waals surface area contributed by atoms with Crippen molar-refractivity contribution < 1.29 is 14.3 Å². The third-order valence-electron chi connectivity index (χ3n) is 5.00. The monoisotopic (exact) mass is 341 g/mol. The summed E-state index contributed by atoms with van der Waals surface area (Å²) in [5, 5.41) is 0.599. The number of benzene rings is 1. The molecule has 0 saturated carbocycles. The summed E-state index contributed by atoms with van der Waals surface area (Å²) in [6.07, 6.45) is 1.97. The van der Waals surface area contributed by atoms with Gasteiger partial charge in [-0.05, 0) is 12.1 Å². The lowest BCUT2D eigenvalue weighted by molar-refractivity contribution is -0.131. The van der Waals surface area contributed by atoms with E-state index in [1.807, 2.05) is 18.2 Å². The summed E-state index contributed by atoms with van der Waals surface area (Å²) in [6, 6.07) is 8.74. The Kier molecular flexibility index (Phi) is 3.52. The molecule has 0 bridgehead atoms. The Balaban J connectivity index is 1.53. The van der Waals surface area contributed by atoms with E-state index in [1.165, 1.54) is 6.07 Å². The lowest BCUT2D eigenvalue weighted by atomic mass is 10.0. The number of nitrogens with zero attached hydrogens (tertiary/aromatic N) is 3. The van der Waals surface area contributed by atoms with Gasteiger partial charge in [-0.25, -0.2) is 4.79 Å². The predicted octanol–water partition coefficient (Wildman–Crippen LogP) is 1.05. The van der Waals surface area contributed by atoms with Crippen LogP contribution in [0.4, 0.5) is 4.79 Å². The van der Waals surface area contributed by atoms with E-state index in [4.69, 9.17) is 4.74 Å². The van der Waals surface area contributed by atoms with Crippen LogP contribution in [0.3, 0.4) is 0 Å². The highest BCUT2D eigenvalue weighted by atomic mass is 16.6. The fourth-order valence-electron chi connectivity index (χ4n) is 3.71. The molecular formula is C18H19N3O4. The molecule has 4 rings (SSSR count). The van der Waals surface area contributed by atoms with E-state index in [2.05, 4.69) is 0 Å². The van der Waals surface area contributed by atoms with E-state index in [-0.39, 0.29) is 24.0 Å². The molecule has 2 saturated heterocycles. The first kappa shape index (κ1) is 15.7. The van der Waals surface area contributed by atoms with Crippen molar-refractivity contribution in [3.63, 3.8) is 0 Å². The van der Waals surface area contributed by atoms with Gasteiger partial charge in [0, 0.05) is 37.7 Å². The second kappa shape index (κ2) is 5.61. The molecule has 2 amide bonds. The molecule has 25 heavy (non-hydrogen) atoms. The molecule has 7 nitrogen and oxygen atoms in total. The number of fused-ring (bicyclic) bond motifs is 1. The standard InChI is InChI=1S/C18H19N3O4/c1-19-11-18(25-17(19)24)7-9-21(12-18)16(23)10-20-8-6-15(22)13-4-2-3-5-14(13)20/h2-6,8H,7,9-12H2,1H3. The molecule has 2 aromatic rings. The van der Waals surface area contributed by atoms with Crippen LogP contribution >= 0.6 is 0 Å². The number of ether oxygens (including phenoxy) is 1. The van der Waals surface area contributed by atoms with Gasteiger partial charge in [-0.3, -0.25) is 9.59 Å². The fraction of sp³-hybridized carbons (Fsp3) is 0.389. The van der Waals surface area contributed by atoms with Crippen molar-refractivity contribution >= 4 is 22.9 Å². The molecule has 1 atom stereocenters. The number of carbonyl (C=O) groups is 2. The Labute approximate surface area is 144 Å². The number of likely N-dealkylation sites (N-methyl/N-ethyl adjacent to an activating group) is 1. The number of likely N-dealkylation sites (tertiary alicyclic amines) is 1. The van der Waals surface area contributed by atoms with Crippen molar-refractivity contribution in [2.45, 2.75) is 18.6 Å². The van der Waals surface area contributed by atoms with Crippen LogP contribution in [-0.2, 0) is 16.1 Å². The smallest absolute Gasteiger partial charge is 0.410 e. The highest BCUT2D eigenvalue weighted by Gasteiger charge is 2.49. The zero-order valence-corrected chi connectivity index (χ0v) is 14.0. The first-order chi connectivity index (χ1) is 12.0. The van der Waals surface area contributed by atoms with Gasteiger partial charge in [-0.1, -0.05) is 12.1 Å². The van der Waals surface area contributed by atoms with Crippen LogP contribution < -0.4 is 5.43 Å². The molecule has 130 valence electrons. The second-order valence-electron chi connectivity index (χ2n) is 6.80. The van der Waals surface area contributed by atoms with Crippen molar-refractivity contribution in [2.75, 3.05) is 26.7 Å². The summed E-state index contributed by atoms with van der Waals surface area (Å²) in [7, 11) is 1.70. The number of hydrogen-bond donors (Lipinski definition) is 0. The maximum atomic E-state index is 12.7. The largest absolute Gasteiger partial charge is 0.439 e. The van der Waals surface area contributed by atoms with E-state index in [0.717, 1.165) is 5.52 Å². The van der Waals surface area contributed by atoms with Crippen LogP contribution in [0, 0.1) is 0 Å². The summed E-state index contributed by atoms with van der Waals surface area (Å²) in [4.78, 5) is 39.6. The predicted molar refractivity (Wildman–Crippen MR) is 91.2 cm³/mol. The van der Waals surface area contributed by atoms with Crippen LogP contribution in [-0.4, -0.2) is 58.7 Å². The van der Waals surface area contributed by atoms with Gasteiger partial charge in [0.15, 0.2) is 11.0 Å². The molecule has 2 fully saturated rings. The number of pyridine rings is 1. The second-order valence-corrected chi connectivity index (χ2v) is 6.80. The maximum absolute atomic E-state index is 12.7. The summed E-state index contributed by atoms with van der Waals surface area (Å²) >= 11 is 0. The van der Waals surface area contributed by atoms with Gasteiger partial charge < -0.3 is 19.1 Å². The molecule has 1 aromatic heterocycles. The van der Waals surface area contributed by atoms with E-state index >= 15 is 0 Å². The zero-order chi connectivity index (χ0) is 17.6. The lowest BCUT2D eigenvalue weighted by Crippen LogP contribution is -2.40. The average molecular weight is 341 g/mol. The van der Waals surface area contributed by atoms with E-state index in [9.17, 15) is 14.4 Å². The highest BCUT2D eigenvalue weighted by Crippen LogP contribution is 2.31. The van der Waals surface area contributed by atoms with Crippen molar-refractivity contribution in [1.29, 1.82) is 0 Å². The van der Waals surface area contributed by atoms with Crippen molar-refractivity contribution in [2.24, 2.45) is 0 Å². The minimum absolute atomic E-state index is 0.0451. The lowest BCUT2D eigenvalue weighted by Gasteiger charge is -2.22. The van der Waals surface area contributed by atoms with Crippen LogP contribution in [0.15, 0.2) is 41.3 Å². The van der Waals surface area contributed by atoms with Crippen LogP contribution in [0.5, 0.6) is 0 Å². The minimum atomic E-state index is -0.576. The van der Waals surface area contributed by atoms with Gasteiger partial charge in [-0.15, -0.1) is 0 Å². The molecule has 1 unspecified atom stereocenters. The molecule has 1 spiro atoms. The van der Waals surface area contributed by atoms with Crippen LogP contribution in [0.2, 0.25) is 0 Å². The molecular weight excluding hydrogens is 322 g/mol. The van der Waals surface area contributed by atoms with Gasteiger partial charge >= 0.3 is 6.09 Å². The van der Waals surface area contributed by atoms with E-state index in [0.29, 0.717) is 31.4 Å². The molecule has 1 aromatic carbocycles. The molecule has 0 aliphatic carbocycles. The highest BCUT2D eigenvalue weighted by molar-refractivity contribution is 5.82. The number of rotatable bonds is 2. The number of hydrogen-bond acceptors (Lipinski definition) is 4. The summed E-state index contributed by atoms with van der Waals surface area (Å²) in [6.45, 7) is 1.65. The third-order valence-corrected chi connectivity index (χ3v) is 5.00. The Morgan fingerprint density at radius 2 is 2.00 bits per heavy atom. The minimum Gasteiger partial charge on any atom is -0.439 e. The van der Waals surface area contributed by atoms with Gasteiger partial charge in [-0.2, -0.15) is 0 Å². The van der Waals surface area contributed by atoms with Crippen molar-refractivity contribution in [3.05, 3.63) is 46.8 Å². The van der Waals surface area contributed by atoms with Crippen molar-refractivity contribution in [3.8, 4) is 0 Å². The number of amides is 2. The van der Waals surface area contributed by atoms with Gasteiger partial charge in [0.1, 0.15) is 6.54 Å². The SMILES string of the molecule is CN1CC2(CCN(C(=O)Cn3ccc(=O)c4ccccc43)C2)OC1=O. The van der Waals surface area contributed by atoms with E-state index < -0.39 is 5.60 Å². The molecule has 2 aliphatic rings. The number of carbonyl (C=O) groups excluding carboxylic acids is 2. The molecule has 3 heterocycles. The Morgan fingerprint density at radius 3 is 2.76 bits per heavy atom. The Morgan fingerprint density at radius 1 is 1.20 bits per heavy atom. The van der Waals surface area contributed by atoms with E-state index in [1.54, 1.807) is 33.7 Å². The number of aromatic nitrogens is 1. The summed E-state index contributed by atoms with van der Waals surface area (Å²) in [5.74, 6) is -0.0451. The molecule has 7 heteroatoms. The Bertz CT molecular complexity index is 922. The van der Waals surface area contributed by atoms with Gasteiger partial charge in [0.05, 0.1) is 18.6 Å². The Hall–Kier alpha value is -2.83. The number of para-hydroxylation sites is 1. The molecule has 0 N–H and O–H groups in total. The fourth-order valence-corrected chi connectivity index (χ4v) is 3.71. The first-order valence-corrected chi connectivity index (χ1v) is 8.28. The third kappa shape index (κ3) is 2.65. The van der Waals surface area contributed by atoms with Crippen LogP contribution in [0.1, 0.15) is 6.42 Å². The van der Waals surface area contributed by atoms with Gasteiger partial charge in [0.25, 0.3) is 0 Å². The molecule has 0 radical (unpaired) electrons. The quantitative estimate of drug-likeness (QED) is 0.819. The van der Waals surface area contributed by atoms with Crippen LogP contribution in [0.25, 0.3) is 10.9 Å². The first-order valence-electron chi connectivity index (χ1n) is 8.28. The average Bonchev–Trinajstić information content (AvgIpc) is 3.13.